The highest BCUT2D eigenvalue weighted by atomic mass is 19.3. The van der Waals surface area contributed by atoms with Crippen molar-refractivity contribution in [1.82, 2.24) is 4.98 Å². The van der Waals surface area contributed by atoms with Crippen LogP contribution in [0.4, 0.5) is 8.78 Å². The third-order valence-electron chi connectivity index (χ3n) is 2.03. The summed E-state index contributed by atoms with van der Waals surface area (Å²) in [6, 6.07) is 0. The summed E-state index contributed by atoms with van der Waals surface area (Å²) in [6.45, 7) is -0.319. The summed E-state index contributed by atoms with van der Waals surface area (Å²) in [7, 11) is 1.21. The first-order valence-electron chi connectivity index (χ1n) is 4.30. The molecule has 0 aliphatic carbocycles. The molecular weight excluding hydrogens is 222 g/mol. The number of carboxylic acids is 1. The molecule has 0 saturated carbocycles. The molecule has 0 aromatic carbocycles. The van der Waals surface area contributed by atoms with Crippen LogP contribution < -0.4 is 10.5 Å². The van der Waals surface area contributed by atoms with Gasteiger partial charge in [0.05, 0.1) is 7.11 Å². The van der Waals surface area contributed by atoms with Gasteiger partial charge in [0.1, 0.15) is 5.56 Å². The van der Waals surface area contributed by atoms with Crippen LogP contribution in [-0.2, 0) is 6.54 Å². The van der Waals surface area contributed by atoms with Gasteiger partial charge in [0.25, 0.3) is 6.43 Å². The van der Waals surface area contributed by atoms with Crippen LogP contribution in [0.3, 0.4) is 0 Å². The number of carboxylic acid groups (broad SMARTS) is 1. The molecule has 0 spiro atoms. The van der Waals surface area contributed by atoms with Crippen molar-refractivity contribution in [3.63, 3.8) is 0 Å². The third-order valence-corrected chi connectivity index (χ3v) is 2.03. The van der Waals surface area contributed by atoms with Crippen molar-refractivity contribution in [3.8, 4) is 5.88 Å². The van der Waals surface area contributed by atoms with E-state index in [4.69, 9.17) is 15.6 Å². The highest BCUT2D eigenvalue weighted by molar-refractivity contribution is 5.92. The number of nitrogens with two attached hydrogens (primary N) is 1. The second-order valence-electron chi connectivity index (χ2n) is 2.89. The number of ether oxygens (including phenoxy) is 1. The molecule has 0 unspecified atom stereocenters. The Hall–Kier alpha value is -1.76. The number of carbonyl (C=O) groups is 1. The fourth-order valence-electron chi connectivity index (χ4n) is 1.33. The first kappa shape index (κ1) is 12.3. The number of hydrogen-bond donors (Lipinski definition) is 2. The lowest BCUT2D eigenvalue weighted by atomic mass is 10.0. The summed E-state index contributed by atoms with van der Waals surface area (Å²) in [5.74, 6) is -1.62. The molecule has 7 heteroatoms. The van der Waals surface area contributed by atoms with Crippen LogP contribution in [0, 0.1) is 0 Å². The van der Waals surface area contributed by atoms with Crippen LogP contribution in [0.15, 0.2) is 6.20 Å². The van der Waals surface area contributed by atoms with E-state index >= 15 is 0 Å². The quantitative estimate of drug-likeness (QED) is 0.814. The van der Waals surface area contributed by atoms with Gasteiger partial charge in [0.15, 0.2) is 0 Å². The summed E-state index contributed by atoms with van der Waals surface area (Å²) in [5, 5.41) is 8.89. The van der Waals surface area contributed by atoms with Crippen molar-refractivity contribution in [2.45, 2.75) is 13.0 Å². The van der Waals surface area contributed by atoms with E-state index in [0.29, 0.717) is 0 Å². The molecule has 0 atom stereocenters. The molecule has 1 aromatic heterocycles. The number of aromatic nitrogens is 1. The summed E-state index contributed by atoms with van der Waals surface area (Å²) in [4.78, 5) is 14.4. The molecule has 1 aromatic rings. The molecule has 0 saturated heterocycles. The number of halogens is 2. The lowest BCUT2D eigenvalue weighted by Gasteiger charge is -2.12. The fourth-order valence-corrected chi connectivity index (χ4v) is 1.33. The predicted octanol–water partition coefficient (Wildman–Crippen LogP) is 1.18. The maximum absolute atomic E-state index is 12.6. The Balaban J connectivity index is 3.49. The number of rotatable bonds is 4. The SMILES string of the molecule is COc1ncc(C(F)F)c(CN)c1C(=O)O. The molecule has 5 nitrogen and oxygen atoms in total. The zero-order valence-electron chi connectivity index (χ0n) is 8.41. The number of nitrogens with zero attached hydrogens (tertiary/aromatic N) is 1. The van der Waals surface area contributed by atoms with Gasteiger partial charge in [0, 0.05) is 18.3 Å². The van der Waals surface area contributed by atoms with Gasteiger partial charge in [-0.3, -0.25) is 0 Å². The smallest absolute Gasteiger partial charge is 0.341 e. The molecule has 1 rings (SSSR count). The van der Waals surface area contributed by atoms with Crippen molar-refractivity contribution >= 4 is 5.97 Å². The molecule has 0 fully saturated rings. The number of alkyl halides is 2. The first-order valence-corrected chi connectivity index (χ1v) is 4.30. The van der Waals surface area contributed by atoms with Crippen LogP contribution >= 0.6 is 0 Å². The van der Waals surface area contributed by atoms with Crippen molar-refractivity contribution < 1.29 is 23.4 Å². The average Bonchev–Trinajstić information content (AvgIpc) is 2.26. The van der Waals surface area contributed by atoms with Gasteiger partial charge in [-0.25, -0.2) is 18.6 Å². The Morgan fingerprint density at radius 2 is 2.31 bits per heavy atom. The predicted molar refractivity (Wildman–Crippen MR) is 50.6 cm³/mol. The molecule has 3 N–H and O–H groups in total. The number of hydrogen-bond acceptors (Lipinski definition) is 4. The highest BCUT2D eigenvalue weighted by Crippen LogP contribution is 2.29. The Labute approximate surface area is 89.9 Å². The molecule has 88 valence electrons. The van der Waals surface area contributed by atoms with Gasteiger partial charge in [0.2, 0.25) is 5.88 Å². The topological polar surface area (TPSA) is 85.4 Å². The van der Waals surface area contributed by atoms with E-state index in [1.165, 1.54) is 7.11 Å². The normalized spacial score (nSPS) is 10.6. The second kappa shape index (κ2) is 4.84. The van der Waals surface area contributed by atoms with Crippen molar-refractivity contribution in [2.75, 3.05) is 7.11 Å². The van der Waals surface area contributed by atoms with Crippen LogP contribution in [0.5, 0.6) is 5.88 Å². The summed E-state index contributed by atoms with van der Waals surface area (Å²) in [5.41, 5.74) is 4.21. The monoisotopic (exact) mass is 232 g/mol. The van der Waals surface area contributed by atoms with E-state index in [9.17, 15) is 13.6 Å². The van der Waals surface area contributed by atoms with E-state index < -0.39 is 23.5 Å². The minimum Gasteiger partial charge on any atom is -0.480 e. The minimum absolute atomic E-state index is 0.158. The standard InChI is InChI=1S/C9H10F2N2O3/c1-16-8-6(9(14)15)4(2-12)5(3-13-8)7(10)11/h3,7H,2,12H2,1H3,(H,14,15). The van der Waals surface area contributed by atoms with Crippen LogP contribution in [0.1, 0.15) is 27.9 Å². The molecule has 0 amide bonds. The fraction of sp³-hybridized carbons (Fsp3) is 0.333. The first-order chi connectivity index (χ1) is 7.52. The second-order valence-corrected chi connectivity index (χ2v) is 2.89. The summed E-state index contributed by atoms with van der Waals surface area (Å²) in [6.07, 6.45) is -1.95. The lowest BCUT2D eigenvalue weighted by molar-refractivity contribution is 0.0690. The molecule has 0 aliphatic rings. The van der Waals surface area contributed by atoms with Gasteiger partial charge >= 0.3 is 5.97 Å². The van der Waals surface area contributed by atoms with Gasteiger partial charge in [-0.1, -0.05) is 0 Å². The van der Waals surface area contributed by atoms with Crippen LogP contribution in [-0.4, -0.2) is 23.2 Å². The lowest BCUT2D eigenvalue weighted by Crippen LogP contribution is -2.13. The Bertz CT molecular complexity index is 410. The number of methoxy groups -OCH3 is 1. The van der Waals surface area contributed by atoms with E-state index in [-0.39, 0.29) is 18.0 Å². The largest absolute Gasteiger partial charge is 0.480 e. The highest BCUT2D eigenvalue weighted by Gasteiger charge is 2.24. The summed E-state index contributed by atoms with van der Waals surface area (Å²) < 4.78 is 29.8. The van der Waals surface area contributed by atoms with Gasteiger partial charge in [-0.2, -0.15) is 0 Å². The molecule has 0 bridgehead atoms. The maximum Gasteiger partial charge on any atom is 0.341 e. The zero-order valence-corrected chi connectivity index (χ0v) is 8.41. The molecule has 0 radical (unpaired) electrons. The zero-order chi connectivity index (χ0) is 12.3. The van der Waals surface area contributed by atoms with Crippen molar-refractivity contribution in [1.29, 1.82) is 0 Å². The molecular formula is C9H10F2N2O3. The molecule has 1 heterocycles. The van der Waals surface area contributed by atoms with E-state index in [1.54, 1.807) is 0 Å². The van der Waals surface area contributed by atoms with Crippen LogP contribution in [0.25, 0.3) is 0 Å². The third kappa shape index (κ3) is 2.08. The van der Waals surface area contributed by atoms with E-state index in [2.05, 4.69) is 4.98 Å². The van der Waals surface area contributed by atoms with Gasteiger partial charge in [-0.05, 0) is 5.56 Å². The molecule has 0 aliphatic heterocycles. The Morgan fingerprint density at radius 1 is 1.69 bits per heavy atom. The van der Waals surface area contributed by atoms with Crippen molar-refractivity contribution in [2.24, 2.45) is 5.73 Å². The number of aromatic carboxylic acids is 1. The van der Waals surface area contributed by atoms with Crippen LogP contribution in [0.2, 0.25) is 0 Å². The average molecular weight is 232 g/mol. The molecule has 16 heavy (non-hydrogen) atoms. The Morgan fingerprint density at radius 3 is 2.69 bits per heavy atom. The maximum atomic E-state index is 12.6. The number of pyridine rings is 1. The van der Waals surface area contributed by atoms with Gasteiger partial charge in [-0.15, -0.1) is 0 Å². The minimum atomic E-state index is -2.82. The van der Waals surface area contributed by atoms with E-state index in [0.717, 1.165) is 6.20 Å². The van der Waals surface area contributed by atoms with Crippen molar-refractivity contribution in [3.05, 3.63) is 22.9 Å². The Kier molecular flexibility index (Phi) is 3.73. The van der Waals surface area contributed by atoms with Gasteiger partial charge < -0.3 is 15.6 Å². The summed E-state index contributed by atoms with van der Waals surface area (Å²) >= 11 is 0. The van der Waals surface area contributed by atoms with E-state index in [1.807, 2.05) is 0 Å².